The number of aromatic nitrogens is 2. The van der Waals surface area contributed by atoms with E-state index in [1.165, 1.54) is 14.1 Å². The second kappa shape index (κ2) is 6.64. The summed E-state index contributed by atoms with van der Waals surface area (Å²) >= 11 is 0. The molecule has 0 radical (unpaired) electrons. The van der Waals surface area contributed by atoms with Crippen molar-refractivity contribution in [1.82, 2.24) is 9.13 Å². The highest BCUT2D eigenvalue weighted by atomic mass is 16.3. The highest BCUT2D eigenvalue weighted by Gasteiger charge is 2.17. The number of benzene rings is 1. The molecule has 0 aliphatic heterocycles. The quantitative estimate of drug-likeness (QED) is 0.862. The minimum atomic E-state index is -0.568. The second-order valence-electron chi connectivity index (χ2n) is 5.66. The zero-order valence-electron chi connectivity index (χ0n) is 13.8. The summed E-state index contributed by atoms with van der Waals surface area (Å²) in [6.07, 6.45) is 0.727. The zero-order valence-corrected chi connectivity index (χ0v) is 13.8. The van der Waals surface area contributed by atoms with Gasteiger partial charge in [-0.25, -0.2) is 4.79 Å². The fraction of sp³-hybridized carbons (Fsp3) is 0.353. The van der Waals surface area contributed by atoms with E-state index >= 15 is 0 Å². The van der Waals surface area contributed by atoms with E-state index in [4.69, 9.17) is 0 Å². The first kappa shape index (κ1) is 16.7. The Morgan fingerprint density at radius 2 is 1.78 bits per heavy atom. The van der Waals surface area contributed by atoms with Gasteiger partial charge in [0.2, 0.25) is 5.88 Å². The topological polar surface area (TPSA) is 76.6 Å². The molecule has 0 fully saturated rings. The van der Waals surface area contributed by atoms with Crippen molar-refractivity contribution in [2.45, 2.75) is 26.3 Å². The van der Waals surface area contributed by atoms with Crippen LogP contribution < -0.4 is 11.2 Å². The van der Waals surface area contributed by atoms with Crippen molar-refractivity contribution in [3.8, 4) is 5.88 Å². The molecule has 1 aromatic carbocycles. The van der Waals surface area contributed by atoms with Crippen LogP contribution in [0.15, 0.2) is 44.9 Å². The Balaban J connectivity index is 2.39. The molecular formula is C17H21N3O3. The van der Waals surface area contributed by atoms with Crippen LogP contribution in [-0.2, 0) is 20.5 Å². The standard InChI is InChI=1S/C17H21N3O3/c1-11(10-13-8-6-5-7-9-13)18-12(2)14-15(21)19(3)17(23)20(4)16(14)22/h5-9,11,21H,10H2,1-4H3/t11-/m1/s1. The Kier molecular flexibility index (Phi) is 4.83. The van der Waals surface area contributed by atoms with Crippen molar-refractivity contribution in [3.05, 3.63) is 62.3 Å². The van der Waals surface area contributed by atoms with Crippen molar-refractivity contribution >= 4 is 5.71 Å². The van der Waals surface area contributed by atoms with E-state index in [9.17, 15) is 14.7 Å². The average Bonchev–Trinajstić information content (AvgIpc) is 2.52. The van der Waals surface area contributed by atoms with E-state index in [-0.39, 0.29) is 17.5 Å². The summed E-state index contributed by atoms with van der Waals surface area (Å²) < 4.78 is 2.01. The van der Waals surface area contributed by atoms with Gasteiger partial charge in [0, 0.05) is 14.1 Å². The van der Waals surface area contributed by atoms with Crippen LogP contribution in [0.5, 0.6) is 5.88 Å². The van der Waals surface area contributed by atoms with Crippen molar-refractivity contribution in [2.75, 3.05) is 0 Å². The van der Waals surface area contributed by atoms with Gasteiger partial charge in [0.25, 0.3) is 5.56 Å². The van der Waals surface area contributed by atoms with Crippen LogP contribution in [0.4, 0.5) is 0 Å². The Labute approximate surface area is 134 Å². The van der Waals surface area contributed by atoms with Crippen LogP contribution in [0, 0.1) is 0 Å². The molecule has 1 aromatic heterocycles. The summed E-state index contributed by atoms with van der Waals surface area (Å²) in [4.78, 5) is 28.5. The number of nitrogens with zero attached hydrogens (tertiary/aromatic N) is 3. The molecule has 0 spiro atoms. The minimum absolute atomic E-state index is 0.0567. The van der Waals surface area contributed by atoms with Gasteiger partial charge < -0.3 is 5.11 Å². The summed E-state index contributed by atoms with van der Waals surface area (Å²) in [5.41, 5.74) is 0.519. The fourth-order valence-corrected chi connectivity index (χ4v) is 2.55. The van der Waals surface area contributed by atoms with Crippen molar-refractivity contribution < 1.29 is 5.11 Å². The predicted octanol–water partition coefficient (Wildman–Crippen LogP) is 1.23. The highest BCUT2D eigenvalue weighted by Crippen LogP contribution is 2.12. The lowest BCUT2D eigenvalue weighted by Crippen LogP contribution is -2.39. The Morgan fingerprint density at radius 1 is 1.17 bits per heavy atom. The molecule has 2 aromatic rings. The summed E-state index contributed by atoms with van der Waals surface area (Å²) in [6.45, 7) is 3.61. The fourth-order valence-electron chi connectivity index (χ4n) is 2.55. The van der Waals surface area contributed by atoms with Gasteiger partial charge in [0.15, 0.2) is 0 Å². The molecule has 0 bridgehead atoms. The third kappa shape index (κ3) is 3.41. The molecule has 2 rings (SSSR count). The molecule has 1 atom stereocenters. The molecule has 0 saturated heterocycles. The van der Waals surface area contributed by atoms with E-state index in [0.717, 1.165) is 21.1 Å². The summed E-state index contributed by atoms with van der Waals surface area (Å²) in [5.74, 6) is -0.355. The first-order valence-corrected chi connectivity index (χ1v) is 7.40. The van der Waals surface area contributed by atoms with Gasteiger partial charge in [-0.15, -0.1) is 0 Å². The van der Waals surface area contributed by atoms with Crippen LogP contribution >= 0.6 is 0 Å². The second-order valence-corrected chi connectivity index (χ2v) is 5.66. The first-order chi connectivity index (χ1) is 10.8. The van der Waals surface area contributed by atoms with Gasteiger partial charge in [-0.3, -0.25) is 18.9 Å². The molecule has 0 aliphatic carbocycles. The van der Waals surface area contributed by atoms with Crippen molar-refractivity contribution in [1.29, 1.82) is 0 Å². The third-order valence-electron chi connectivity index (χ3n) is 3.78. The molecule has 0 aliphatic rings. The average molecular weight is 315 g/mol. The van der Waals surface area contributed by atoms with Gasteiger partial charge in [0.1, 0.15) is 5.56 Å². The van der Waals surface area contributed by atoms with Gasteiger partial charge in [-0.2, -0.15) is 0 Å². The normalized spacial score (nSPS) is 13.1. The Hall–Kier alpha value is -2.63. The molecule has 23 heavy (non-hydrogen) atoms. The van der Waals surface area contributed by atoms with Crippen LogP contribution in [0.25, 0.3) is 0 Å². The lowest BCUT2D eigenvalue weighted by Gasteiger charge is -2.12. The van der Waals surface area contributed by atoms with Gasteiger partial charge in [-0.1, -0.05) is 30.3 Å². The smallest absolute Gasteiger partial charge is 0.333 e. The predicted molar refractivity (Wildman–Crippen MR) is 90.4 cm³/mol. The molecule has 0 amide bonds. The molecule has 122 valence electrons. The van der Waals surface area contributed by atoms with Gasteiger partial charge >= 0.3 is 5.69 Å². The molecule has 0 unspecified atom stereocenters. The van der Waals surface area contributed by atoms with Crippen LogP contribution in [0.3, 0.4) is 0 Å². The third-order valence-corrected chi connectivity index (χ3v) is 3.78. The van der Waals surface area contributed by atoms with E-state index in [1.54, 1.807) is 6.92 Å². The van der Waals surface area contributed by atoms with Crippen LogP contribution in [0.2, 0.25) is 0 Å². The van der Waals surface area contributed by atoms with Gasteiger partial charge in [0.05, 0.1) is 11.8 Å². The molecule has 1 N–H and O–H groups in total. The summed E-state index contributed by atoms with van der Waals surface area (Å²) in [7, 11) is 2.80. The van der Waals surface area contributed by atoms with Crippen molar-refractivity contribution in [2.24, 2.45) is 19.1 Å². The molecule has 6 heteroatoms. The van der Waals surface area contributed by atoms with E-state index in [0.29, 0.717) is 5.71 Å². The Morgan fingerprint density at radius 3 is 2.39 bits per heavy atom. The number of aromatic hydroxyl groups is 1. The Bertz CT molecular complexity index is 848. The molecule has 6 nitrogen and oxygen atoms in total. The number of rotatable bonds is 4. The molecule has 1 heterocycles. The maximum atomic E-state index is 12.3. The molecular weight excluding hydrogens is 294 g/mol. The first-order valence-electron chi connectivity index (χ1n) is 7.40. The summed E-state index contributed by atoms with van der Waals surface area (Å²) in [6, 6.07) is 9.86. The maximum Gasteiger partial charge on any atom is 0.333 e. The molecule has 0 saturated carbocycles. The van der Waals surface area contributed by atoms with Gasteiger partial charge in [-0.05, 0) is 25.8 Å². The zero-order chi connectivity index (χ0) is 17.1. The maximum absolute atomic E-state index is 12.3. The number of hydrogen-bond donors (Lipinski definition) is 1. The van der Waals surface area contributed by atoms with Crippen LogP contribution in [-0.4, -0.2) is 26.0 Å². The SMILES string of the molecule is CC(=N[C@H](C)Cc1ccccc1)c1c(O)n(C)c(=O)n(C)c1=O. The largest absolute Gasteiger partial charge is 0.494 e. The summed E-state index contributed by atoms with van der Waals surface area (Å²) in [5, 5.41) is 10.1. The monoisotopic (exact) mass is 315 g/mol. The minimum Gasteiger partial charge on any atom is -0.494 e. The van der Waals surface area contributed by atoms with Crippen molar-refractivity contribution in [3.63, 3.8) is 0 Å². The lowest BCUT2D eigenvalue weighted by atomic mass is 10.1. The van der Waals surface area contributed by atoms with E-state index in [2.05, 4.69) is 4.99 Å². The highest BCUT2D eigenvalue weighted by molar-refractivity contribution is 6.00. The van der Waals surface area contributed by atoms with E-state index in [1.807, 2.05) is 37.3 Å². The number of hydrogen-bond acceptors (Lipinski definition) is 4. The lowest BCUT2D eigenvalue weighted by molar-refractivity contribution is 0.410. The van der Waals surface area contributed by atoms with E-state index < -0.39 is 11.2 Å². The van der Waals surface area contributed by atoms with Crippen LogP contribution in [0.1, 0.15) is 25.0 Å². The number of aliphatic imine (C=N–C) groups is 1.